The summed E-state index contributed by atoms with van der Waals surface area (Å²) in [4.78, 5) is 50.2. The molecule has 1 spiro atoms. The molecule has 5 atom stereocenters. The van der Waals surface area contributed by atoms with Crippen molar-refractivity contribution >= 4 is 29.0 Å². The molecule has 3 aromatic carbocycles. The van der Waals surface area contributed by atoms with Crippen LogP contribution >= 0.6 is 0 Å². The minimum atomic E-state index is -1.19. The molecule has 2 unspecified atom stereocenters. The van der Waals surface area contributed by atoms with E-state index in [1.807, 2.05) is 74.5 Å². The van der Waals surface area contributed by atoms with Crippen molar-refractivity contribution < 1.29 is 33.1 Å². The number of rotatable bonds is 8. The summed E-state index contributed by atoms with van der Waals surface area (Å²) in [6, 6.07) is 21.9. The average molecular weight is 702 g/mol. The first-order valence-corrected chi connectivity index (χ1v) is 17.5. The number of fused-ring (bicyclic) bond motifs is 4. The van der Waals surface area contributed by atoms with Crippen LogP contribution in [0.15, 0.2) is 87.9 Å². The topological polar surface area (TPSA) is 169 Å². The Labute approximate surface area is 300 Å². The monoisotopic (exact) mass is 701 g/mol. The molecule has 4 bridgehead atoms. The van der Waals surface area contributed by atoms with E-state index in [2.05, 4.69) is 20.9 Å². The van der Waals surface area contributed by atoms with E-state index in [9.17, 15) is 19.5 Å². The molecule has 0 fully saturated rings. The van der Waals surface area contributed by atoms with E-state index < -0.39 is 41.4 Å². The lowest BCUT2D eigenvalue weighted by Crippen LogP contribution is -2.41. The number of aliphatic hydroxyl groups excluding tert-OH is 1. The molecule has 0 saturated carbocycles. The molecule has 0 radical (unpaired) electrons. The normalized spacial score (nSPS) is 22.0. The number of para-hydroxylation sites is 2. The molecule has 2 aromatic heterocycles. The predicted octanol–water partition coefficient (Wildman–Crippen LogP) is 6.02. The van der Waals surface area contributed by atoms with Crippen molar-refractivity contribution in [2.24, 2.45) is 17.8 Å². The zero-order chi connectivity index (χ0) is 36.3. The Morgan fingerprint density at radius 1 is 0.981 bits per heavy atom. The first-order chi connectivity index (χ1) is 25.0. The lowest BCUT2D eigenvalue weighted by atomic mass is 9.72. The number of ketones is 1. The van der Waals surface area contributed by atoms with Gasteiger partial charge in [0.2, 0.25) is 17.7 Å². The lowest BCUT2D eigenvalue weighted by Gasteiger charge is -2.28. The van der Waals surface area contributed by atoms with Gasteiger partial charge in [-0.1, -0.05) is 76.2 Å². The molecule has 3 aliphatic heterocycles. The van der Waals surface area contributed by atoms with Crippen molar-refractivity contribution in [3.05, 3.63) is 113 Å². The maximum atomic E-state index is 14.1. The third-order valence-corrected chi connectivity index (χ3v) is 10.2. The standard InChI is InChI=1S/C40H39N5O7/c1-20(2)31-38-45-32(37-42-28(19-50-37)36(49)41-24-10-6-5-7-11-24)34(52-38)40-25-12-8-9-13-27(25)43-39(40)51-30-15-14-22(17-26(30)40)16-23(35(48)44-31)18-29(46)33(47)21(3)4/h5-15,17,19-21,23,31,33,39,43,47H,16,18H2,1-4H3,(H,41,49)(H,44,48)/t23?,31-,33-,39-,40?/m0/s1. The van der Waals surface area contributed by atoms with E-state index in [1.54, 1.807) is 26.0 Å². The van der Waals surface area contributed by atoms with Crippen LogP contribution in [0.3, 0.4) is 0 Å². The fourth-order valence-corrected chi connectivity index (χ4v) is 7.50. The Bertz CT molecular complexity index is 2190. The number of anilines is 2. The molecule has 0 aliphatic carbocycles. The number of ether oxygens (including phenoxy) is 1. The molecule has 2 amide bonds. The quantitative estimate of drug-likeness (QED) is 0.150. The SMILES string of the molecule is CC(C)[C@H](O)C(=O)CC1Cc2ccc3c(c2)C2(c4ccccc4N[C@H]2O3)c2oc(nc2-c2nc(C(=O)Nc3ccccc3)co2)[C@H](C(C)C)NC1=O. The molecule has 12 nitrogen and oxygen atoms in total. The van der Waals surface area contributed by atoms with Gasteiger partial charge < -0.3 is 34.6 Å². The molecule has 52 heavy (non-hydrogen) atoms. The number of nitrogens with zero attached hydrogens (tertiary/aromatic N) is 2. The summed E-state index contributed by atoms with van der Waals surface area (Å²) in [5.74, 6) is -1.24. The first-order valence-electron chi connectivity index (χ1n) is 17.5. The van der Waals surface area contributed by atoms with Crippen molar-refractivity contribution in [2.75, 3.05) is 10.6 Å². The number of aliphatic hydroxyl groups is 1. The zero-order valence-electron chi connectivity index (χ0n) is 29.2. The number of benzene rings is 3. The Morgan fingerprint density at radius 2 is 1.75 bits per heavy atom. The Kier molecular flexibility index (Phi) is 8.21. The third-order valence-electron chi connectivity index (χ3n) is 10.2. The number of oxazole rings is 2. The fraction of sp³-hybridized carbons (Fsp3) is 0.325. The van der Waals surface area contributed by atoms with Gasteiger partial charge in [0.25, 0.3) is 5.91 Å². The molecule has 5 heterocycles. The van der Waals surface area contributed by atoms with Gasteiger partial charge in [-0.25, -0.2) is 9.97 Å². The van der Waals surface area contributed by atoms with Gasteiger partial charge in [-0.2, -0.15) is 0 Å². The lowest BCUT2D eigenvalue weighted by molar-refractivity contribution is -0.135. The second-order valence-corrected chi connectivity index (χ2v) is 14.4. The highest BCUT2D eigenvalue weighted by Crippen LogP contribution is 2.59. The Morgan fingerprint density at radius 3 is 2.52 bits per heavy atom. The van der Waals surface area contributed by atoms with Gasteiger partial charge in [-0.3, -0.25) is 14.4 Å². The van der Waals surface area contributed by atoms with Crippen molar-refractivity contribution in [1.29, 1.82) is 0 Å². The van der Waals surface area contributed by atoms with E-state index in [1.165, 1.54) is 6.26 Å². The Hall–Kier alpha value is -5.75. The van der Waals surface area contributed by atoms with Gasteiger partial charge in [0.05, 0.1) is 0 Å². The maximum absolute atomic E-state index is 14.1. The van der Waals surface area contributed by atoms with Gasteiger partial charge in [0, 0.05) is 29.3 Å². The molecular weight excluding hydrogens is 662 g/mol. The minimum Gasteiger partial charge on any atom is -0.469 e. The van der Waals surface area contributed by atoms with E-state index in [0.29, 0.717) is 17.2 Å². The zero-order valence-corrected chi connectivity index (χ0v) is 29.2. The molecule has 3 aliphatic rings. The summed E-state index contributed by atoms with van der Waals surface area (Å²) in [6.45, 7) is 7.42. The second-order valence-electron chi connectivity index (χ2n) is 14.4. The van der Waals surface area contributed by atoms with Gasteiger partial charge in [0.1, 0.15) is 29.6 Å². The van der Waals surface area contributed by atoms with Crippen LogP contribution in [0.4, 0.5) is 11.4 Å². The summed E-state index contributed by atoms with van der Waals surface area (Å²) in [5.41, 5.74) is 3.11. The van der Waals surface area contributed by atoms with Crippen molar-refractivity contribution in [2.45, 2.75) is 64.3 Å². The van der Waals surface area contributed by atoms with Crippen molar-refractivity contribution in [3.8, 4) is 17.3 Å². The van der Waals surface area contributed by atoms with Gasteiger partial charge in [-0.15, -0.1) is 0 Å². The summed E-state index contributed by atoms with van der Waals surface area (Å²) in [6.07, 6.45) is -0.462. The molecule has 12 heteroatoms. The highest BCUT2D eigenvalue weighted by molar-refractivity contribution is 6.03. The van der Waals surface area contributed by atoms with Crippen LogP contribution in [0.1, 0.15) is 79.0 Å². The average Bonchev–Trinajstić information content (AvgIpc) is 3.91. The minimum absolute atomic E-state index is 0.0430. The molecule has 0 saturated heterocycles. The van der Waals surface area contributed by atoms with Crippen LogP contribution in [0.25, 0.3) is 11.6 Å². The number of aromatic nitrogens is 2. The van der Waals surface area contributed by atoms with Gasteiger partial charge in [-0.05, 0) is 53.6 Å². The van der Waals surface area contributed by atoms with Crippen LogP contribution in [0, 0.1) is 17.8 Å². The summed E-state index contributed by atoms with van der Waals surface area (Å²) in [7, 11) is 0. The van der Waals surface area contributed by atoms with Crippen LogP contribution in [-0.2, 0) is 21.4 Å². The van der Waals surface area contributed by atoms with Crippen LogP contribution < -0.4 is 20.7 Å². The number of Topliss-reactive ketones (excluding diaryl/α,β-unsaturated/α-hetero) is 1. The summed E-state index contributed by atoms with van der Waals surface area (Å²) < 4.78 is 19.5. The van der Waals surface area contributed by atoms with Gasteiger partial charge >= 0.3 is 0 Å². The molecule has 5 aromatic rings. The number of nitrogens with one attached hydrogen (secondary N) is 3. The van der Waals surface area contributed by atoms with Gasteiger partial charge in [0.15, 0.2) is 29.2 Å². The fourth-order valence-electron chi connectivity index (χ4n) is 7.50. The van der Waals surface area contributed by atoms with Crippen molar-refractivity contribution in [3.63, 3.8) is 0 Å². The number of carbonyl (C=O) groups excluding carboxylic acids is 3. The largest absolute Gasteiger partial charge is 0.469 e. The molecule has 8 rings (SSSR count). The third kappa shape index (κ3) is 5.45. The van der Waals surface area contributed by atoms with E-state index in [-0.39, 0.29) is 53.8 Å². The van der Waals surface area contributed by atoms with Crippen molar-refractivity contribution in [1.82, 2.24) is 15.3 Å². The molecular formula is C40H39N5O7. The first kappa shape index (κ1) is 33.4. The number of hydrogen-bond acceptors (Lipinski definition) is 10. The number of amides is 2. The van der Waals surface area contributed by atoms with E-state index in [0.717, 1.165) is 22.4 Å². The predicted molar refractivity (Wildman–Crippen MR) is 191 cm³/mol. The summed E-state index contributed by atoms with van der Waals surface area (Å²) in [5, 5.41) is 20.1. The van der Waals surface area contributed by atoms with Crippen LogP contribution in [-0.4, -0.2) is 45.0 Å². The number of carbonyl (C=O) groups is 3. The maximum Gasteiger partial charge on any atom is 0.277 e. The second kappa shape index (κ2) is 12.8. The van der Waals surface area contributed by atoms with E-state index in [4.69, 9.17) is 18.6 Å². The molecule has 4 N–H and O–H groups in total. The smallest absolute Gasteiger partial charge is 0.277 e. The summed E-state index contributed by atoms with van der Waals surface area (Å²) >= 11 is 0. The van der Waals surface area contributed by atoms with Crippen LogP contribution in [0.2, 0.25) is 0 Å². The molecule has 266 valence electrons. The highest BCUT2D eigenvalue weighted by atomic mass is 16.5. The number of hydrogen-bond donors (Lipinski definition) is 4. The Balaban J connectivity index is 1.31. The van der Waals surface area contributed by atoms with Crippen LogP contribution in [0.5, 0.6) is 5.75 Å². The van der Waals surface area contributed by atoms with E-state index >= 15 is 0 Å². The highest BCUT2D eigenvalue weighted by Gasteiger charge is 2.61.